The fourth-order valence-corrected chi connectivity index (χ4v) is 1.83. The van der Waals surface area contributed by atoms with Crippen LogP contribution in [0.2, 0.25) is 0 Å². The highest BCUT2D eigenvalue weighted by molar-refractivity contribution is 7.15. The molecule has 1 aromatic rings. The third-order valence-electron chi connectivity index (χ3n) is 1.76. The summed E-state index contributed by atoms with van der Waals surface area (Å²) in [6.45, 7) is -0.168. The van der Waals surface area contributed by atoms with Crippen molar-refractivity contribution in [1.82, 2.24) is 15.1 Å². The van der Waals surface area contributed by atoms with Crippen molar-refractivity contribution in [3.63, 3.8) is 0 Å². The van der Waals surface area contributed by atoms with Gasteiger partial charge in [0.15, 0.2) is 0 Å². The van der Waals surface area contributed by atoms with E-state index in [1.54, 1.807) is 0 Å². The van der Waals surface area contributed by atoms with Gasteiger partial charge in [0.2, 0.25) is 5.13 Å². The highest BCUT2D eigenvalue weighted by atomic mass is 32.1. The molecule has 0 radical (unpaired) electrons. The van der Waals surface area contributed by atoms with Crippen molar-refractivity contribution >= 4 is 16.5 Å². The first-order chi connectivity index (χ1) is 7.65. The Kier molecular flexibility index (Phi) is 5.46. The second-order valence-electron chi connectivity index (χ2n) is 3.00. The summed E-state index contributed by atoms with van der Waals surface area (Å²) in [5.41, 5.74) is 2.32. The van der Waals surface area contributed by atoms with Gasteiger partial charge in [-0.2, -0.15) is 0 Å². The number of halogens is 2. The zero-order chi connectivity index (χ0) is 12.0. The van der Waals surface area contributed by atoms with Crippen molar-refractivity contribution in [1.29, 1.82) is 0 Å². The quantitative estimate of drug-likeness (QED) is 0.464. The van der Waals surface area contributed by atoms with Crippen LogP contribution in [0.15, 0.2) is 0 Å². The average molecular weight is 253 g/mol. The van der Waals surface area contributed by atoms with E-state index in [2.05, 4.69) is 15.6 Å². The monoisotopic (exact) mass is 253 g/mol. The number of nitrogens with zero attached hydrogens (tertiary/aromatic N) is 3. The number of nitrogens with two attached hydrogens (primary N) is 1. The minimum atomic E-state index is -2.44. The fourth-order valence-electron chi connectivity index (χ4n) is 1.14. The highest BCUT2D eigenvalue weighted by Gasteiger charge is 2.14. The summed E-state index contributed by atoms with van der Waals surface area (Å²) in [6, 6.07) is 0. The van der Waals surface area contributed by atoms with Crippen molar-refractivity contribution in [3.05, 3.63) is 5.01 Å². The third-order valence-corrected chi connectivity index (χ3v) is 2.60. The van der Waals surface area contributed by atoms with Gasteiger partial charge in [0.05, 0.1) is 19.7 Å². The van der Waals surface area contributed by atoms with Gasteiger partial charge in [-0.1, -0.05) is 11.3 Å². The van der Waals surface area contributed by atoms with Crippen molar-refractivity contribution in [2.24, 2.45) is 5.84 Å². The number of nitrogens with one attached hydrogen (secondary N) is 1. The van der Waals surface area contributed by atoms with Gasteiger partial charge in [0.1, 0.15) is 5.01 Å². The Morgan fingerprint density at radius 1 is 1.50 bits per heavy atom. The smallest absolute Gasteiger partial charge is 0.251 e. The Morgan fingerprint density at radius 2 is 2.25 bits per heavy atom. The lowest BCUT2D eigenvalue weighted by Gasteiger charge is -2.18. The number of aliphatic hydroxyl groups is 1. The van der Waals surface area contributed by atoms with E-state index >= 15 is 0 Å². The van der Waals surface area contributed by atoms with Gasteiger partial charge in [-0.05, 0) is 0 Å². The lowest BCUT2D eigenvalue weighted by atomic mass is 10.4. The first-order valence-corrected chi connectivity index (χ1v) is 5.37. The van der Waals surface area contributed by atoms with E-state index in [0.717, 1.165) is 0 Å². The van der Waals surface area contributed by atoms with Crippen LogP contribution in [0.25, 0.3) is 0 Å². The molecule has 0 saturated heterocycles. The summed E-state index contributed by atoms with van der Waals surface area (Å²) in [6.07, 6.45) is -2.44. The first-order valence-electron chi connectivity index (χ1n) is 4.56. The molecule has 92 valence electrons. The van der Waals surface area contributed by atoms with Crippen LogP contribution in [-0.2, 0) is 6.54 Å². The molecule has 0 bridgehead atoms. The Morgan fingerprint density at radius 3 is 2.75 bits per heavy atom. The number of alkyl halides is 2. The number of aromatic nitrogens is 2. The van der Waals surface area contributed by atoms with Crippen LogP contribution in [0.4, 0.5) is 13.9 Å². The molecular weight excluding hydrogens is 240 g/mol. The summed E-state index contributed by atoms with van der Waals surface area (Å²) >= 11 is 1.19. The zero-order valence-corrected chi connectivity index (χ0v) is 9.25. The molecular formula is C7H13F2N5OS. The van der Waals surface area contributed by atoms with Crippen LogP contribution in [0.3, 0.4) is 0 Å². The topological polar surface area (TPSA) is 87.3 Å². The van der Waals surface area contributed by atoms with E-state index in [-0.39, 0.29) is 19.7 Å². The molecule has 0 saturated carbocycles. The molecule has 0 spiro atoms. The molecule has 0 unspecified atom stereocenters. The van der Waals surface area contributed by atoms with Crippen LogP contribution in [0.5, 0.6) is 0 Å². The molecule has 1 aromatic heterocycles. The number of hydrogen-bond acceptors (Lipinski definition) is 7. The molecule has 9 heteroatoms. The summed E-state index contributed by atoms with van der Waals surface area (Å²) in [5, 5.41) is 17.2. The predicted octanol–water partition coefficient (Wildman–Crippen LogP) is -0.117. The number of aliphatic hydroxyl groups excluding tert-OH is 1. The number of hydrogen-bond donors (Lipinski definition) is 3. The molecule has 0 aliphatic heterocycles. The van der Waals surface area contributed by atoms with Crippen LogP contribution in [0, 0.1) is 0 Å². The van der Waals surface area contributed by atoms with Crippen LogP contribution in [-0.4, -0.2) is 46.3 Å². The maximum atomic E-state index is 12.2. The van der Waals surface area contributed by atoms with Gasteiger partial charge in [-0.3, -0.25) is 10.3 Å². The Balaban J connectivity index is 2.52. The predicted molar refractivity (Wildman–Crippen MR) is 56.1 cm³/mol. The summed E-state index contributed by atoms with van der Waals surface area (Å²) in [5.74, 6) is 5.12. The van der Waals surface area contributed by atoms with Crippen molar-refractivity contribution in [2.75, 3.05) is 25.1 Å². The second kappa shape index (κ2) is 6.63. The van der Waals surface area contributed by atoms with Gasteiger partial charge in [-0.15, -0.1) is 10.2 Å². The summed E-state index contributed by atoms with van der Waals surface area (Å²) < 4.78 is 24.4. The van der Waals surface area contributed by atoms with Crippen molar-refractivity contribution < 1.29 is 13.9 Å². The SMILES string of the molecule is NNc1nnc(CN(CCO)CC(F)F)s1. The van der Waals surface area contributed by atoms with E-state index in [0.29, 0.717) is 10.1 Å². The molecule has 6 nitrogen and oxygen atoms in total. The van der Waals surface area contributed by atoms with Gasteiger partial charge in [0.25, 0.3) is 6.43 Å². The maximum Gasteiger partial charge on any atom is 0.251 e. The van der Waals surface area contributed by atoms with Gasteiger partial charge in [0, 0.05) is 6.54 Å². The number of rotatable bonds is 7. The van der Waals surface area contributed by atoms with Crippen LogP contribution < -0.4 is 11.3 Å². The van der Waals surface area contributed by atoms with E-state index in [9.17, 15) is 8.78 Å². The van der Waals surface area contributed by atoms with E-state index < -0.39 is 13.0 Å². The Bertz CT molecular complexity index is 311. The zero-order valence-electron chi connectivity index (χ0n) is 8.44. The van der Waals surface area contributed by atoms with Gasteiger partial charge >= 0.3 is 0 Å². The molecule has 0 aliphatic rings. The largest absolute Gasteiger partial charge is 0.395 e. The molecule has 4 N–H and O–H groups in total. The lowest BCUT2D eigenvalue weighted by Crippen LogP contribution is -2.31. The van der Waals surface area contributed by atoms with Crippen molar-refractivity contribution in [3.8, 4) is 0 Å². The fraction of sp³-hybridized carbons (Fsp3) is 0.714. The molecule has 16 heavy (non-hydrogen) atoms. The van der Waals surface area contributed by atoms with Gasteiger partial charge in [-0.25, -0.2) is 14.6 Å². The van der Waals surface area contributed by atoms with E-state index in [1.165, 1.54) is 16.2 Å². The normalized spacial score (nSPS) is 11.4. The van der Waals surface area contributed by atoms with Crippen molar-refractivity contribution in [2.45, 2.75) is 13.0 Å². The molecule has 1 heterocycles. The molecule has 0 aliphatic carbocycles. The lowest BCUT2D eigenvalue weighted by molar-refractivity contribution is 0.0745. The summed E-state index contributed by atoms with van der Waals surface area (Å²) in [4.78, 5) is 1.41. The van der Waals surface area contributed by atoms with E-state index in [1.807, 2.05) is 0 Å². The standard InChI is InChI=1S/C7H13F2N5OS/c8-5(9)3-14(1-2-15)4-6-12-13-7(11-10)16-6/h5,15H,1-4,10H2,(H,11,13). The average Bonchev–Trinajstić information content (AvgIpc) is 2.65. The first kappa shape index (κ1) is 13.2. The molecule has 0 amide bonds. The minimum Gasteiger partial charge on any atom is -0.395 e. The number of nitrogen functional groups attached to an aromatic ring is 1. The van der Waals surface area contributed by atoms with Crippen LogP contribution in [0.1, 0.15) is 5.01 Å². The third kappa shape index (κ3) is 4.31. The number of anilines is 1. The highest BCUT2D eigenvalue weighted by Crippen LogP contribution is 2.15. The Hall–Kier alpha value is -0.900. The molecule has 1 rings (SSSR count). The maximum absolute atomic E-state index is 12.2. The number of hydrazine groups is 1. The Labute approximate surface area is 95.0 Å². The molecule has 0 atom stereocenters. The second-order valence-corrected chi connectivity index (χ2v) is 4.06. The molecule has 0 fully saturated rings. The van der Waals surface area contributed by atoms with Crippen LogP contribution >= 0.6 is 11.3 Å². The van der Waals surface area contributed by atoms with E-state index in [4.69, 9.17) is 10.9 Å². The van der Waals surface area contributed by atoms with Gasteiger partial charge < -0.3 is 5.11 Å². The molecule has 0 aromatic carbocycles. The summed E-state index contributed by atoms with van der Waals surface area (Å²) in [7, 11) is 0. The minimum absolute atomic E-state index is 0.173.